The van der Waals surface area contributed by atoms with Gasteiger partial charge in [-0.25, -0.2) is 9.48 Å². The van der Waals surface area contributed by atoms with E-state index >= 15 is 0 Å². The van der Waals surface area contributed by atoms with Gasteiger partial charge in [0.25, 0.3) is 0 Å². The van der Waals surface area contributed by atoms with Crippen molar-refractivity contribution in [2.24, 2.45) is 0 Å². The average Bonchev–Trinajstić information content (AvgIpc) is 3.49. The molecule has 3 heterocycles. The largest absolute Gasteiger partial charge is 0.454 e. The van der Waals surface area contributed by atoms with Crippen molar-refractivity contribution in [2.75, 3.05) is 13.2 Å². The number of ketones is 1. The monoisotopic (exact) mass is 469 g/mol. The Morgan fingerprint density at radius 1 is 1.15 bits per heavy atom. The zero-order valence-electron chi connectivity index (χ0n) is 19.4. The summed E-state index contributed by atoms with van der Waals surface area (Å²) in [5.74, 6) is -0.765. The molecule has 0 amide bonds. The second-order valence-electron chi connectivity index (χ2n) is 8.47. The highest BCUT2D eigenvalue weighted by Gasteiger charge is 2.22. The van der Waals surface area contributed by atoms with Gasteiger partial charge in [0.15, 0.2) is 6.61 Å². The predicted molar refractivity (Wildman–Crippen MR) is 126 cm³/mol. The Morgan fingerprint density at radius 2 is 1.88 bits per heavy atom. The van der Waals surface area contributed by atoms with Crippen LogP contribution in [0.3, 0.4) is 0 Å². The number of carbonyl (C=O) groups excluding carboxylic acids is 2. The lowest BCUT2D eigenvalue weighted by Gasteiger charge is -2.14. The van der Waals surface area contributed by atoms with Crippen LogP contribution in [-0.4, -0.2) is 45.4 Å². The summed E-state index contributed by atoms with van der Waals surface area (Å²) in [5, 5.41) is 5.03. The van der Waals surface area contributed by atoms with Crippen molar-refractivity contribution in [3.8, 4) is 5.69 Å². The van der Waals surface area contributed by atoms with E-state index in [1.807, 2.05) is 33.8 Å². The fourth-order valence-electron chi connectivity index (χ4n) is 4.26. The smallest absolute Gasteiger partial charge is 0.338 e. The molecule has 1 aromatic carbocycles. The first-order valence-corrected chi connectivity index (χ1v) is 11.4. The molecule has 0 radical (unpaired) electrons. The number of Topliss-reactive ketones (excluding diaryl/α,β-unsaturated/α-hetero) is 1. The molecule has 0 bridgehead atoms. The first kappa shape index (κ1) is 23.3. The molecule has 8 heteroatoms. The van der Waals surface area contributed by atoms with Crippen LogP contribution in [0.2, 0.25) is 5.02 Å². The van der Waals surface area contributed by atoms with Crippen molar-refractivity contribution in [1.82, 2.24) is 14.3 Å². The Labute approximate surface area is 198 Å². The van der Waals surface area contributed by atoms with Crippen molar-refractivity contribution in [3.63, 3.8) is 0 Å². The molecule has 33 heavy (non-hydrogen) atoms. The normalized spacial score (nSPS) is 15.7. The van der Waals surface area contributed by atoms with Crippen LogP contribution in [0.4, 0.5) is 0 Å². The lowest BCUT2D eigenvalue weighted by molar-refractivity contribution is 0.0474. The van der Waals surface area contributed by atoms with Crippen LogP contribution in [0.15, 0.2) is 30.3 Å². The number of esters is 1. The fraction of sp³-hybridized carbons (Fsp3) is 0.400. The molecule has 0 aliphatic carbocycles. The number of aromatic nitrogens is 3. The van der Waals surface area contributed by atoms with Crippen LogP contribution in [-0.2, 0) is 16.0 Å². The van der Waals surface area contributed by atoms with Gasteiger partial charge in [0.2, 0.25) is 5.78 Å². The van der Waals surface area contributed by atoms with E-state index in [0.717, 1.165) is 54.5 Å². The summed E-state index contributed by atoms with van der Waals surface area (Å²) in [6, 6.07) is 8.70. The van der Waals surface area contributed by atoms with Gasteiger partial charge in [0.1, 0.15) is 0 Å². The van der Waals surface area contributed by atoms with Gasteiger partial charge in [-0.2, -0.15) is 5.10 Å². The number of rotatable bonds is 7. The molecule has 0 saturated carbocycles. The van der Waals surface area contributed by atoms with E-state index in [-0.39, 0.29) is 18.5 Å². The van der Waals surface area contributed by atoms with E-state index in [2.05, 4.69) is 9.67 Å². The lowest BCUT2D eigenvalue weighted by atomic mass is 10.1. The maximum absolute atomic E-state index is 12.8. The van der Waals surface area contributed by atoms with Crippen LogP contribution in [0.1, 0.15) is 56.3 Å². The summed E-state index contributed by atoms with van der Waals surface area (Å²) in [7, 11) is 0. The van der Waals surface area contributed by atoms with E-state index in [0.29, 0.717) is 16.1 Å². The van der Waals surface area contributed by atoms with E-state index in [4.69, 9.17) is 21.1 Å². The highest BCUT2D eigenvalue weighted by molar-refractivity contribution is 6.31. The van der Waals surface area contributed by atoms with E-state index < -0.39 is 5.97 Å². The zero-order chi connectivity index (χ0) is 23.7. The quantitative estimate of drug-likeness (QED) is 0.367. The first-order valence-electron chi connectivity index (χ1n) is 11.1. The van der Waals surface area contributed by atoms with Gasteiger partial charge < -0.3 is 14.0 Å². The average molecular weight is 470 g/mol. The SMILES string of the molecule is Cc1nn(-c2ccc(C(=O)OCC(=O)c3cc(C)n(CC4CCCO4)c3C)cc2)c(C)c1Cl. The minimum Gasteiger partial charge on any atom is -0.454 e. The van der Waals surface area contributed by atoms with E-state index in [9.17, 15) is 9.59 Å². The first-order chi connectivity index (χ1) is 15.8. The molecule has 0 spiro atoms. The number of nitrogens with zero attached hydrogens (tertiary/aromatic N) is 3. The summed E-state index contributed by atoms with van der Waals surface area (Å²) >= 11 is 6.22. The molecule has 1 aliphatic heterocycles. The lowest BCUT2D eigenvalue weighted by Crippen LogP contribution is -2.18. The molecule has 0 N–H and O–H groups in total. The Balaban J connectivity index is 1.39. The third-order valence-electron chi connectivity index (χ3n) is 6.17. The summed E-state index contributed by atoms with van der Waals surface area (Å²) in [6.07, 6.45) is 2.29. The summed E-state index contributed by atoms with van der Waals surface area (Å²) < 4.78 is 14.9. The number of ether oxygens (including phenoxy) is 2. The molecule has 1 saturated heterocycles. The summed E-state index contributed by atoms with van der Waals surface area (Å²) in [5.41, 5.74) is 5.17. The fourth-order valence-corrected chi connectivity index (χ4v) is 4.38. The standard InChI is InChI=1S/C25H28ClN3O4/c1-15-12-22(17(3)28(15)13-21-6-5-11-32-21)23(30)14-33-25(31)19-7-9-20(10-8-19)29-18(4)24(26)16(2)27-29/h7-10,12,21H,5-6,11,13-14H2,1-4H3. The number of hydrogen-bond acceptors (Lipinski definition) is 5. The van der Waals surface area contributed by atoms with Crippen LogP contribution in [0.25, 0.3) is 5.69 Å². The van der Waals surface area contributed by atoms with Gasteiger partial charge in [-0.05, 0) is 70.9 Å². The van der Waals surface area contributed by atoms with Crippen molar-refractivity contribution < 1.29 is 19.1 Å². The van der Waals surface area contributed by atoms with Crippen LogP contribution >= 0.6 is 11.6 Å². The minimum absolute atomic E-state index is 0.184. The molecule has 1 unspecified atom stereocenters. The van der Waals surface area contributed by atoms with E-state index in [1.54, 1.807) is 28.9 Å². The molecule has 7 nitrogen and oxygen atoms in total. The van der Waals surface area contributed by atoms with Crippen LogP contribution in [0.5, 0.6) is 0 Å². The van der Waals surface area contributed by atoms with Crippen LogP contribution < -0.4 is 0 Å². The van der Waals surface area contributed by atoms with Gasteiger partial charge in [0, 0.05) is 30.1 Å². The third kappa shape index (κ3) is 4.75. The molecule has 1 aliphatic rings. The zero-order valence-corrected chi connectivity index (χ0v) is 20.1. The topological polar surface area (TPSA) is 75.4 Å². The number of carbonyl (C=O) groups is 2. The Bertz CT molecular complexity index is 1190. The predicted octanol–water partition coefficient (Wildman–Crippen LogP) is 4.78. The van der Waals surface area contributed by atoms with Crippen molar-refractivity contribution in [1.29, 1.82) is 0 Å². The highest BCUT2D eigenvalue weighted by atomic mass is 35.5. The molecular weight excluding hydrogens is 442 g/mol. The molecule has 1 atom stereocenters. The summed E-state index contributed by atoms with van der Waals surface area (Å²) in [6.45, 7) is 8.84. The molecule has 3 aromatic rings. The molecular formula is C25H28ClN3O4. The van der Waals surface area contributed by atoms with Gasteiger partial charge in [-0.15, -0.1) is 0 Å². The number of aryl methyl sites for hydroxylation is 2. The van der Waals surface area contributed by atoms with Gasteiger partial charge >= 0.3 is 5.97 Å². The highest BCUT2D eigenvalue weighted by Crippen LogP contribution is 2.23. The maximum Gasteiger partial charge on any atom is 0.338 e. The van der Waals surface area contributed by atoms with Gasteiger partial charge in [-0.1, -0.05) is 11.6 Å². The van der Waals surface area contributed by atoms with Crippen molar-refractivity contribution in [3.05, 3.63) is 69.3 Å². The third-order valence-corrected chi connectivity index (χ3v) is 6.72. The maximum atomic E-state index is 12.8. The molecule has 174 valence electrons. The van der Waals surface area contributed by atoms with Gasteiger partial charge in [-0.3, -0.25) is 4.79 Å². The molecule has 4 rings (SSSR count). The Kier molecular flexibility index (Phi) is 6.72. The second kappa shape index (κ2) is 9.53. The molecule has 2 aromatic heterocycles. The number of halogens is 1. The van der Waals surface area contributed by atoms with Crippen LogP contribution in [0, 0.1) is 27.7 Å². The van der Waals surface area contributed by atoms with E-state index in [1.165, 1.54) is 0 Å². The Morgan fingerprint density at radius 3 is 2.48 bits per heavy atom. The minimum atomic E-state index is -0.547. The Hall–Kier alpha value is -2.90. The molecule has 1 fully saturated rings. The van der Waals surface area contributed by atoms with Gasteiger partial charge in [0.05, 0.1) is 33.8 Å². The van der Waals surface area contributed by atoms with Crippen molar-refractivity contribution in [2.45, 2.75) is 53.2 Å². The second-order valence-corrected chi connectivity index (χ2v) is 8.85. The number of hydrogen-bond donors (Lipinski definition) is 0. The van der Waals surface area contributed by atoms with Crippen molar-refractivity contribution >= 4 is 23.4 Å². The summed E-state index contributed by atoms with van der Waals surface area (Å²) in [4.78, 5) is 25.3. The number of benzene rings is 1.